The number of ketones is 1. The van der Waals surface area contributed by atoms with E-state index in [0.717, 1.165) is 0 Å². The van der Waals surface area contributed by atoms with Gasteiger partial charge in [0, 0.05) is 17.3 Å². The number of carbonyl (C=O) groups excluding carboxylic acids is 2. The van der Waals surface area contributed by atoms with Gasteiger partial charge in [-0.05, 0) is 87.7 Å². The van der Waals surface area contributed by atoms with Gasteiger partial charge in [0.05, 0.1) is 35.4 Å². The van der Waals surface area contributed by atoms with E-state index in [-0.39, 0.29) is 48.5 Å². The van der Waals surface area contributed by atoms with Crippen LogP contribution in [0.5, 0.6) is 0 Å². The highest BCUT2D eigenvalue weighted by Crippen LogP contribution is 2.68. The fourth-order valence-corrected chi connectivity index (χ4v) is 9.39. The van der Waals surface area contributed by atoms with Gasteiger partial charge in [-0.1, -0.05) is 20.8 Å². The van der Waals surface area contributed by atoms with E-state index < -0.39 is 52.2 Å². The maximum absolute atomic E-state index is 13.3. The fourth-order valence-electron chi connectivity index (χ4n) is 9.39. The smallest absolute Gasteiger partial charge is 0.309 e. The van der Waals surface area contributed by atoms with Crippen LogP contribution in [0.25, 0.3) is 0 Å². The Balaban J connectivity index is 1.44. The summed E-state index contributed by atoms with van der Waals surface area (Å²) >= 11 is 0. The minimum atomic E-state index is -1.52. The molecule has 1 saturated heterocycles. The van der Waals surface area contributed by atoms with Crippen LogP contribution in [0.3, 0.4) is 0 Å². The Morgan fingerprint density at radius 2 is 1.78 bits per heavy atom. The summed E-state index contributed by atoms with van der Waals surface area (Å²) in [4.78, 5) is 25.4. The minimum Gasteiger partial charge on any atom is -0.462 e. The zero-order valence-electron chi connectivity index (χ0n) is 22.7. The van der Waals surface area contributed by atoms with Crippen LogP contribution < -0.4 is 0 Å². The molecule has 4 aliphatic carbocycles. The van der Waals surface area contributed by atoms with Crippen LogP contribution in [0.1, 0.15) is 79.6 Å². The highest BCUT2D eigenvalue weighted by molar-refractivity contribution is 5.95. The molecule has 0 amide bonds. The molecule has 13 atom stereocenters. The molecule has 0 bridgehead atoms. The summed E-state index contributed by atoms with van der Waals surface area (Å²) in [5, 5.41) is 56.2. The van der Waals surface area contributed by atoms with Crippen molar-refractivity contribution in [3.05, 3.63) is 11.6 Å². The summed E-state index contributed by atoms with van der Waals surface area (Å²) in [6, 6.07) is 0. The van der Waals surface area contributed by atoms with Gasteiger partial charge in [-0.15, -0.1) is 0 Å². The Morgan fingerprint density at radius 3 is 2.41 bits per heavy atom. The van der Waals surface area contributed by atoms with Gasteiger partial charge in [-0.2, -0.15) is 0 Å². The number of hydrogen-bond acceptors (Lipinski definition) is 8. The van der Waals surface area contributed by atoms with Gasteiger partial charge >= 0.3 is 5.97 Å². The average Bonchev–Trinajstić information content (AvgIpc) is 3.23. The second-order valence-corrected chi connectivity index (χ2v) is 13.7. The van der Waals surface area contributed by atoms with Crippen molar-refractivity contribution in [3.63, 3.8) is 0 Å². The van der Waals surface area contributed by atoms with Gasteiger partial charge in [0.1, 0.15) is 6.10 Å². The maximum atomic E-state index is 13.3. The first kappa shape index (κ1) is 27.3. The third-order valence-corrected chi connectivity index (χ3v) is 11.9. The Kier molecular flexibility index (Phi) is 6.33. The molecule has 8 nitrogen and oxygen atoms in total. The summed E-state index contributed by atoms with van der Waals surface area (Å²) in [5.41, 5.74) is -3.47. The van der Waals surface area contributed by atoms with Gasteiger partial charge in [-0.3, -0.25) is 9.59 Å². The molecule has 5 rings (SSSR count). The number of aliphatic hydroxyl groups excluding tert-OH is 3. The van der Waals surface area contributed by atoms with E-state index >= 15 is 0 Å². The quantitative estimate of drug-likeness (QED) is 0.354. The lowest BCUT2D eigenvalue weighted by Crippen LogP contribution is -2.63. The Labute approximate surface area is 219 Å². The molecule has 1 heterocycles. The van der Waals surface area contributed by atoms with Crippen LogP contribution in [-0.2, 0) is 14.3 Å². The van der Waals surface area contributed by atoms with Crippen molar-refractivity contribution < 1.29 is 39.9 Å². The molecule has 0 spiro atoms. The molecule has 5 N–H and O–H groups in total. The Morgan fingerprint density at radius 1 is 1.11 bits per heavy atom. The molecule has 8 heteroatoms. The summed E-state index contributed by atoms with van der Waals surface area (Å²) in [6.45, 7) is 9.21. The molecule has 5 aliphatic rings. The van der Waals surface area contributed by atoms with Crippen molar-refractivity contribution in [2.45, 2.75) is 115 Å². The molecule has 0 unspecified atom stereocenters. The minimum absolute atomic E-state index is 0.104. The zero-order valence-corrected chi connectivity index (χ0v) is 22.7. The molecule has 0 radical (unpaired) electrons. The predicted molar refractivity (Wildman–Crippen MR) is 134 cm³/mol. The van der Waals surface area contributed by atoms with Crippen molar-refractivity contribution >= 4 is 11.8 Å². The van der Waals surface area contributed by atoms with E-state index in [2.05, 4.69) is 0 Å². The van der Waals surface area contributed by atoms with Crippen molar-refractivity contribution in [2.75, 3.05) is 0 Å². The number of hydrogen-bond donors (Lipinski definition) is 5. The largest absolute Gasteiger partial charge is 0.462 e. The SMILES string of the molecule is C[C@@H]1OC(=O)[C@H](C)[C@@H]1C[C@@H](O)[C@](C)(O)[C@@H]1CC[C@@]2(O)C3=CC(=O)[C@H]4C[C@@H](O)[C@@H](O)C[C@]4(C)[C@@H]3CC[C@]12C. The highest BCUT2D eigenvalue weighted by Gasteiger charge is 2.69. The number of cyclic esters (lactones) is 1. The fraction of sp³-hybridized carbons (Fsp3) is 0.862. The standard InChI is InChI=1S/C29H44O8/c1-14-16(15(2)37-25(14)34)10-24(33)28(5,35)23-7-9-29(36)18-11-20(30)19-12-21(31)22(32)13-26(19,3)17(18)6-8-27(23,29)4/h11,14-17,19,21-24,31-33,35-36H,6-10,12-13H2,1-5H3/t14-,15+,16+,17-,19-,21-,22+,23-,24-,26-,27-,28-,29-/m1/s1. The van der Waals surface area contributed by atoms with Gasteiger partial charge in [0.25, 0.3) is 0 Å². The lowest BCUT2D eigenvalue weighted by Gasteiger charge is -2.60. The molecule has 1 aliphatic heterocycles. The monoisotopic (exact) mass is 520 g/mol. The molecule has 3 saturated carbocycles. The molecule has 0 aromatic heterocycles. The lowest BCUT2D eigenvalue weighted by atomic mass is 9.45. The third kappa shape index (κ3) is 3.65. The highest BCUT2D eigenvalue weighted by atomic mass is 16.6. The number of aliphatic hydroxyl groups is 5. The number of ether oxygens (including phenoxy) is 1. The second kappa shape index (κ2) is 8.59. The number of fused-ring (bicyclic) bond motifs is 5. The number of rotatable bonds is 4. The number of allylic oxidation sites excluding steroid dienone is 1. The molecule has 0 aromatic rings. The van der Waals surface area contributed by atoms with Crippen molar-refractivity contribution in [2.24, 2.45) is 40.4 Å². The van der Waals surface area contributed by atoms with Crippen molar-refractivity contribution in [3.8, 4) is 0 Å². The van der Waals surface area contributed by atoms with E-state index in [0.29, 0.717) is 37.7 Å². The second-order valence-electron chi connectivity index (χ2n) is 13.7. The predicted octanol–water partition coefficient (Wildman–Crippen LogP) is 1.89. The summed E-state index contributed by atoms with van der Waals surface area (Å²) in [6.07, 6.45) is 1.21. The topological polar surface area (TPSA) is 145 Å². The van der Waals surface area contributed by atoms with Crippen LogP contribution in [-0.4, -0.2) is 72.9 Å². The van der Waals surface area contributed by atoms with Gasteiger partial charge in [0.2, 0.25) is 0 Å². The third-order valence-electron chi connectivity index (χ3n) is 11.9. The van der Waals surface area contributed by atoms with Crippen LogP contribution in [0.15, 0.2) is 11.6 Å². The molecule has 208 valence electrons. The van der Waals surface area contributed by atoms with Crippen LogP contribution in [0.4, 0.5) is 0 Å². The van der Waals surface area contributed by atoms with E-state index in [1.165, 1.54) is 0 Å². The first-order chi connectivity index (χ1) is 17.1. The van der Waals surface area contributed by atoms with Crippen LogP contribution in [0, 0.1) is 40.4 Å². The van der Waals surface area contributed by atoms with Crippen molar-refractivity contribution in [1.82, 2.24) is 0 Å². The Bertz CT molecular complexity index is 1010. The van der Waals surface area contributed by atoms with Gasteiger partial charge < -0.3 is 30.3 Å². The van der Waals surface area contributed by atoms with E-state index in [1.54, 1.807) is 19.9 Å². The summed E-state index contributed by atoms with van der Waals surface area (Å²) in [5.74, 6) is -1.88. The normalized spacial score (nSPS) is 51.9. The number of esters is 1. The van der Waals surface area contributed by atoms with Gasteiger partial charge in [0.15, 0.2) is 5.78 Å². The van der Waals surface area contributed by atoms with Crippen LogP contribution >= 0.6 is 0 Å². The number of carbonyl (C=O) groups is 2. The summed E-state index contributed by atoms with van der Waals surface area (Å²) in [7, 11) is 0. The lowest BCUT2D eigenvalue weighted by molar-refractivity contribution is -0.178. The van der Waals surface area contributed by atoms with E-state index in [1.807, 2.05) is 20.8 Å². The zero-order chi connectivity index (χ0) is 27.3. The van der Waals surface area contributed by atoms with E-state index in [4.69, 9.17) is 4.74 Å². The molecular formula is C29H44O8. The first-order valence-electron chi connectivity index (χ1n) is 14.0. The Hall–Kier alpha value is -1.32. The molecule has 37 heavy (non-hydrogen) atoms. The summed E-state index contributed by atoms with van der Waals surface area (Å²) < 4.78 is 5.34. The maximum Gasteiger partial charge on any atom is 0.309 e. The van der Waals surface area contributed by atoms with Gasteiger partial charge in [-0.25, -0.2) is 0 Å². The molecular weight excluding hydrogens is 476 g/mol. The van der Waals surface area contributed by atoms with Crippen molar-refractivity contribution in [1.29, 1.82) is 0 Å². The van der Waals surface area contributed by atoms with E-state index in [9.17, 15) is 35.1 Å². The molecule has 4 fully saturated rings. The average molecular weight is 521 g/mol. The van der Waals surface area contributed by atoms with Crippen LogP contribution in [0.2, 0.25) is 0 Å². The molecule has 0 aromatic carbocycles. The first-order valence-corrected chi connectivity index (χ1v) is 14.0.